The number of halogens is 1. The Morgan fingerprint density at radius 2 is 2.10 bits per heavy atom. The van der Waals surface area contributed by atoms with Gasteiger partial charge < -0.3 is 10.5 Å². The lowest BCUT2D eigenvalue weighted by molar-refractivity contribution is 0.0473. The van der Waals surface area contributed by atoms with Crippen molar-refractivity contribution < 1.29 is 13.9 Å². The van der Waals surface area contributed by atoms with E-state index in [1.165, 1.54) is 12.1 Å². The predicted octanol–water partition coefficient (Wildman–Crippen LogP) is 2.64. The molecule has 2 aromatic carbocycles. The number of hydrogen-bond acceptors (Lipinski definition) is 4. The van der Waals surface area contributed by atoms with Crippen molar-refractivity contribution in [2.24, 2.45) is 0 Å². The third kappa shape index (κ3) is 3.12. The van der Waals surface area contributed by atoms with E-state index in [2.05, 4.69) is 0 Å². The number of nitriles is 1. The average molecular weight is 270 g/mol. The highest BCUT2D eigenvalue weighted by Crippen LogP contribution is 2.15. The zero-order chi connectivity index (χ0) is 14.5. The number of nitrogen functional groups attached to an aromatic ring is 1. The Kier molecular flexibility index (Phi) is 3.96. The highest BCUT2D eigenvalue weighted by Gasteiger charge is 2.12. The van der Waals surface area contributed by atoms with Crippen molar-refractivity contribution >= 4 is 11.7 Å². The van der Waals surface area contributed by atoms with E-state index in [4.69, 9.17) is 15.7 Å². The summed E-state index contributed by atoms with van der Waals surface area (Å²) in [4.78, 5) is 11.8. The van der Waals surface area contributed by atoms with Crippen molar-refractivity contribution in [1.29, 1.82) is 5.26 Å². The van der Waals surface area contributed by atoms with Crippen LogP contribution in [0.4, 0.5) is 10.1 Å². The van der Waals surface area contributed by atoms with Gasteiger partial charge in [0, 0.05) is 5.69 Å². The van der Waals surface area contributed by atoms with Crippen molar-refractivity contribution in [2.45, 2.75) is 6.61 Å². The highest BCUT2D eigenvalue weighted by molar-refractivity contribution is 5.95. The first-order chi connectivity index (χ1) is 9.60. The van der Waals surface area contributed by atoms with E-state index in [-0.39, 0.29) is 17.9 Å². The molecule has 20 heavy (non-hydrogen) atoms. The van der Waals surface area contributed by atoms with Crippen molar-refractivity contribution in [3.8, 4) is 6.07 Å². The number of carbonyl (C=O) groups is 1. The Balaban J connectivity index is 2.09. The van der Waals surface area contributed by atoms with Crippen molar-refractivity contribution in [3.05, 3.63) is 65.0 Å². The molecule has 0 aliphatic rings. The maximum atomic E-state index is 13.1. The minimum atomic E-state index is -0.704. The second-order valence-corrected chi connectivity index (χ2v) is 4.12. The first-order valence-corrected chi connectivity index (χ1v) is 5.81. The summed E-state index contributed by atoms with van der Waals surface area (Å²) in [7, 11) is 0. The van der Waals surface area contributed by atoms with Gasteiger partial charge in [0.1, 0.15) is 12.4 Å². The molecule has 2 N–H and O–H groups in total. The number of nitrogens with zero attached hydrogens (tertiary/aromatic N) is 1. The molecule has 0 unspecified atom stereocenters. The SMILES string of the molecule is N#Cc1cccc(COC(=O)c2cc(F)ccc2N)c1. The quantitative estimate of drug-likeness (QED) is 0.687. The zero-order valence-corrected chi connectivity index (χ0v) is 10.5. The summed E-state index contributed by atoms with van der Waals surface area (Å²) in [6, 6.07) is 12.2. The molecular weight excluding hydrogens is 259 g/mol. The monoisotopic (exact) mass is 270 g/mol. The molecule has 0 aromatic heterocycles. The van der Waals surface area contributed by atoms with Crippen LogP contribution < -0.4 is 5.73 Å². The molecule has 0 saturated carbocycles. The largest absolute Gasteiger partial charge is 0.457 e. The molecule has 0 aliphatic carbocycles. The van der Waals surface area contributed by atoms with Gasteiger partial charge in [-0.15, -0.1) is 0 Å². The lowest BCUT2D eigenvalue weighted by Gasteiger charge is -2.07. The number of esters is 1. The Labute approximate surface area is 115 Å². The van der Waals surface area contributed by atoms with Gasteiger partial charge in [-0.3, -0.25) is 0 Å². The molecule has 0 radical (unpaired) electrons. The molecule has 0 fully saturated rings. The summed E-state index contributed by atoms with van der Waals surface area (Å²) in [5.74, 6) is -1.26. The van der Waals surface area contributed by atoms with Crippen LogP contribution in [-0.2, 0) is 11.3 Å². The van der Waals surface area contributed by atoms with Crippen LogP contribution in [-0.4, -0.2) is 5.97 Å². The van der Waals surface area contributed by atoms with Crippen LogP contribution in [0.3, 0.4) is 0 Å². The Morgan fingerprint density at radius 3 is 2.85 bits per heavy atom. The molecule has 4 nitrogen and oxygen atoms in total. The van der Waals surface area contributed by atoms with Crippen molar-refractivity contribution in [1.82, 2.24) is 0 Å². The van der Waals surface area contributed by atoms with Crippen LogP contribution in [0.15, 0.2) is 42.5 Å². The first kappa shape index (κ1) is 13.6. The van der Waals surface area contributed by atoms with Crippen LogP contribution in [0.5, 0.6) is 0 Å². The number of rotatable bonds is 3. The van der Waals surface area contributed by atoms with Crippen LogP contribution in [0.1, 0.15) is 21.5 Å². The fourth-order valence-electron chi connectivity index (χ4n) is 1.66. The summed E-state index contributed by atoms with van der Waals surface area (Å²) in [5, 5.41) is 8.77. The number of carbonyl (C=O) groups excluding carboxylic acids is 1. The Morgan fingerprint density at radius 1 is 1.30 bits per heavy atom. The molecular formula is C15H11FN2O2. The van der Waals surface area contributed by atoms with Gasteiger partial charge in [0.15, 0.2) is 0 Å². The summed E-state index contributed by atoms with van der Waals surface area (Å²) in [6.45, 7) is -0.00962. The maximum Gasteiger partial charge on any atom is 0.340 e. The van der Waals surface area contributed by atoms with E-state index in [1.807, 2.05) is 6.07 Å². The van der Waals surface area contributed by atoms with Gasteiger partial charge in [0.05, 0.1) is 17.2 Å². The fraction of sp³-hybridized carbons (Fsp3) is 0.0667. The molecule has 0 heterocycles. The van der Waals surface area contributed by atoms with Crippen molar-refractivity contribution in [2.75, 3.05) is 5.73 Å². The van der Waals surface area contributed by atoms with Crippen molar-refractivity contribution in [3.63, 3.8) is 0 Å². The lowest BCUT2D eigenvalue weighted by atomic mass is 10.1. The summed E-state index contributed by atoms with van der Waals surface area (Å²) in [5.41, 5.74) is 6.89. The van der Waals surface area contributed by atoms with E-state index in [0.29, 0.717) is 11.1 Å². The second kappa shape index (κ2) is 5.85. The summed E-state index contributed by atoms with van der Waals surface area (Å²) < 4.78 is 18.1. The number of nitrogens with two attached hydrogens (primary N) is 1. The Bertz CT molecular complexity index is 693. The molecule has 5 heteroatoms. The van der Waals surface area contributed by atoms with E-state index in [0.717, 1.165) is 6.07 Å². The fourth-order valence-corrected chi connectivity index (χ4v) is 1.66. The average Bonchev–Trinajstić information content (AvgIpc) is 2.47. The molecule has 0 aliphatic heterocycles. The molecule has 0 atom stereocenters. The molecule has 2 rings (SSSR count). The van der Waals surface area contributed by atoms with Crippen LogP contribution in [0.25, 0.3) is 0 Å². The molecule has 100 valence electrons. The molecule has 0 saturated heterocycles. The lowest BCUT2D eigenvalue weighted by Crippen LogP contribution is -2.08. The van der Waals surface area contributed by atoms with Gasteiger partial charge in [-0.2, -0.15) is 5.26 Å². The van der Waals surface area contributed by atoms with Gasteiger partial charge in [-0.1, -0.05) is 12.1 Å². The molecule has 0 amide bonds. The number of benzene rings is 2. The van der Waals surface area contributed by atoms with Gasteiger partial charge >= 0.3 is 5.97 Å². The van der Waals surface area contributed by atoms with Gasteiger partial charge in [0.2, 0.25) is 0 Å². The van der Waals surface area contributed by atoms with E-state index in [1.54, 1.807) is 24.3 Å². The minimum Gasteiger partial charge on any atom is -0.457 e. The first-order valence-electron chi connectivity index (χ1n) is 5.81. The molecule has 0 bridgehead atoms. The minimum absolute atomic E-state index is 0.00962. The standard InChI is InChI=1S/C15H11FN2O2/c16-12-4-5-14(18)13(7-12)15(19)20-9-11-3-1-2-10(6-11)8-17/h1-7H,9,18H2. The molecule has 0 spiro atoms. The third-order valence-corrected chi connectivity index (χ3v) is 2.66. The second-order valence-electron chi connectivity index (χ2n) is 4.12. The maximum absolute atomic E-state index is 13.1. The predicted molar refractivity (Wildman–Crippen MR) is 71.1 cm³/mol. The summed E-state index contributed by atoms with van der Waals surface area (Å²) >= 11 is 0. The van der Waals surface area contributed by atoms with Crippen LogP contribution >= 0.6 is 0 Å². The number of hydrogen-bond donors (Lipinski definition) is 1. The number of anilines is 1. The highest BCUT2D eigenvalue weighted by atomic mass is 19.1. The number of ether oxygens (including phenoxy) is 1. The third-order valence-electron chi connectivity index (χ3n) is 2.66. The molecule has 2 aromatic rings. The van der Waals surface area contributed by atoms with E-state index >= 15 is 0 Å². The van der Waals surface area contributed by atoms with Gasteiger partial charge in [0.25, 0.3) is 0 Å². The van der Waals surface area contributed by atoms with Crippen LogP contribution in [0, 0.1) is 17.1 Å². The van der Waals surface area contributed by atoms with E-state index in [9.17, 15) is 9.18 Å². The summed E-state index contributed by atoms with van der Waals surface area (Å²) in [6.07, 6.45) is 0. The smallest absolute Gasteiger partial charge is 0.340 e. The zero-order valence-electron chi connectivity index (χ0n) is 10.5. The van der Waals surface area contributed by atoms with Gasteiger partial charge in [-0.05, 0) is 35.9 Å². The topological polar surface area (TPSA) is 76.1 Å². The Hall–Kier alpha value is -2.87. The van der Waals surface area contributed by atoms with E-state index < -0.39 is 11.8 Å². The normalized spacial score (nSPS) is 9.80. The van der Waals surface area contributed by atoms with Crippen LogP contribution in [0.2, 0.25) is 0 Å². The van der Waals surface area contributed by atoms with Gasteiger partial charge in [-0.25, -0.2) is 9.18 Å².